The molecule has 3 aromatic rings. The number of aromatic amines is 1. The number of ketones is 1. The Bertz CT molecular complexity index is 1190. The van der Waals surface area contributed by atoms with Gasteiger partial charge in [-0.1, -0.05) is 30.3 Å². The molecule has 2 N–H and O–H groups in total. The number of aromatic nitrogens is 2. The van der Waals surface area contributed by atoms with Crippen LogP contribution in [0, 0.1) is 0 Å². The van der Waals surface area contributed by atoms with Crippen molar-refractivity contribution in [2.24, 2.45) is 0 Å². The first kappa shape index (κ1) is 17.6. The molecule has 0 fully saturated rings. The van der Waals surface area contributed by atoms with Crippen molar-refractivity contribution < 1.29 is 9.53 Å². The number of hydrogen-bond acceptors (Lipinski definition) is 4. The minimum absolute atomic E-state index is 0.101. The summed E-state index contributed by atoms with van der Waals surface area (Å²) in [5.74, 6) is 1.04. The molecule has 0 saturated heterocycles. The molecule has 0 amide bonds. The lowest BCUT2D eigenvalue weighted by molar-refractivity contribution is -0.116. The van der Waals surface area contributed by atoms with E-state index in [1.165, 1.54) is 4.68 Å². The van der Waals surface area contributed by atoms with E-state index in [0.717, 1.165) is 29.8 Å². The highest BCUT2D eigenvalue weighted by molar-refractivity contribution is 6.00. The Hall–Kier alpha value is -3.54. The second-order valence-electron chi connectivity index (χ2n) is 7.38. The van der Waals surface area contributed by atoms with Gasteiger partial charge in [0.15, 0.2) is 5.78 Å². The molecule has 2 aromatic carbocycles. The fourth-order valence-electron chi connectivity index (χ4n) is 4.35. The minimum atomic E-state index is -0.419. The summed E-state index contributed by atoms with van der Waals surface area (Å²) in [5.41, 5.74) is 3.65. The van der Waals surface area contributed by atoms with E-state index < -0.39 is 5.92 Å². The number of anilines is 1. The number of para-hydroxylation sites is 1. The van der Waals surface area contributed by atoms with E-state index in [9.17, 15) is 9.59 Å². The van der Waals surface area contributed by atoms with Crippen LogP contribution in [0.3, 0.4) is 0 Å². The molecule has 0 spiro atoms. The zero-order valence-corrected chi connectivity index (χ0v) is 16.1. The van der Waals surface area contributed by atoms with Crippen molar-refractivity contribution in [1.82, 2.24) is 9.78 Å². The number of H-pyrrole nitrogens is 1. The van der Waals surface area contributed by atoms with Gasteiger partial charge in [0.1, 0.15) is 11.6 Å². The molecule has 0 saturated carbocycles. The number of fused-ring (bicyclic) bond motifs is 1. The molecule has 146 valence electrons. The van der Waals surface area contributed by atoms with Gasteiger partial charge in [-0.25, -0.2) is 4.68 Å². The monoisotopic (exact) mass is 387 g/mol. The molecular weight excluding hydrogens is 366 g/mol. The lowest BCUT2D eigenvalue weighted by Gasteiger charge is -2.31. The van der Waals surface area contributed by atoms with Crippen LogP contribution in [0.25, 0.3) is 5.69 Å². The molecule has 2 aliphatic rings. The number of carbonyl (C=O) groups excluding carboxylic acids is 1. The highest BCUT2D eigenvalue weighted by Gasteiger charge is 2.38. The summed E-state index contributed by atoms with van der Waals surface area (Å²) in [4.78, 5) is 26.4. The van der Waals surface area contributed by atoms with Gasteiger partial charge in [0.2, 0.25) is 0 Å². The van der Waals surface area contributed by atoms with Gasteiger partial charge in [0.05, 0.1) is 18.4 Å². The first-order valence-corrected chi connectivity index (χ1v) is 9.75. The predicted molar refractivity (Wildman–Crippen MR) is 111 cm³/mol. The SMILES string of the molecule is COc1cccc([C@@H]2C3=C(CCCC3=O)Nc3[nH]n(-c4ccccc4)c(=O)c32)c1. The summed E-state index contributed by atoms with van der Waals surface area (Å²) >= 11 is 0. The first-order chi connectivity index (χ1) is 14.2. The van der Waals surface area contributed by atoms with Crippen molar-refractivity contribution in [3.63, 3.8) is 0 Å². The molecule has 6 nitrogen and oxygen atoms in total. The maximum Gasteiger partial charge on any atom is 0.277 e. The number of rotatable bonds is 3. The van der Waals surface area contributed by atoms with E-state index in [4.69, 9.17) is 4.74 Å². The highest BCUT2D eigenvalue weighted by Crippen LogP contribution is 2.44. The van der Waals surface area contributed by atoms with Crippen molar-refractivity contribution in [3.05, 3.63) is 87.3 Å². The number of carbonyl (C=O) groups is 1. The van der Waals surface area contributed by atoms with E-state index in [-0.39, 0.29) is 11.3 Å². The Balaban J connectivity index is 1.75. The third kappa shape index (κ3) is 2.79. The predicted octanol–water partition coefficient (Wildman–Crippen LogP) is 3.74. The molecule has 29 heavy (non-hydrogen) atoms. The Morgan fingerprint density at radius 1 is 1.03 bits per heavy atom. The summed E-state index contributed by atoms with van der Waals surface area (Å²) in [6, 6.07) is 17.1. The maximum atomic E-state index is 13.5. The largest absolute Gasteiger partial charge is 0.497 e. The van der Waals surface area contributed by atoms with Crippen molar-refractivity contribution in [1.29, 1.82) is 0 Å². The van der Waals surface area contributed by atoms with Crippen LogP contribution in [0.15, 0.2) is 70.7 Å². The Kier molecular flexibility index (Phi) is 4.12. The van der Waals surface area contributed by atoms with Crippen LogP contribution in [0.4, 0.5) is 5.82 Å². The quantitative estimate of drug-likeness (QED) is 0.718. The number of nitrogens with one attached hydrogen (secondary N) is 2. The molecule has 0 unspecified atom stereocenters. The normalized spacial score (nSPS) is 18.1. The van der Waals surface area contributed by atoms with E-state index >= 15 is 0 Å². The molecule has 1 atom stereocenters. The Labute approximate surface area is 167 Å². The van der Waals surface area contributed by atoms with Crippen molar-refractivity contribution >= 4 is 11.6 Å². The first-order valence-electron chi connectivity index (χ1n) is 9.75. The highest BCUT2D eigenvalue weighted by atomic mass is 16.5. The van der Waals surface area contributed by atoms with Crippen LogP contribution in [0.2, 0.25) is 0 Å². The topological polar surface area (TPSA) is 76.1 Å². The van der Waals surface area contributed by atoms with Crippen LogP contribution < -0.4 is 15.6 Å². The van der Waals surface area contributed by atoms with Gasteiger partial charge in [0.25, 0.3) is 5.56 Å². The van der Waals surface area contributed by atoms with E-state index in [0.29, 0.717) is 29.1 Å². The third-order valence-electron chi connectivity index (χ3n) is 5.68. The van der Waals surface area contributed by atoms with Crippen LogP contribution in [-0.2, 0) is 4.79 Å². The lowest BCUT2D eigenvalue weighted by Crippen LogP contribution is -2.29. The van der Waals surface area contributed by atoms with Crippen LogP contribution >= 0.6 is 0 Å². The fourth-order valence-corrected chi connectivity index (χ4v) is 4.35. The number of ether oxygens (including phenoxy) is 1. The van der Waals surface area contributed by atoms with Gasteiger partial charge >= 0.3 is 0 Å². The molecule has 1 aliphatic heterocycles. The standard InChI is InChI=1S/C23H21N3O3/c1-29-16-10-5-7-14(13-16)19-20-17(11-6-12-18(20)27)24-22-21(19)23(28)26(25-22)15-8-3-2-4-9-15/h2-5,7-10,13,19,24-25H,6,11-12H2,1H3/t19-/m1/s1. The molecule has 5 rings (SSSR count). The van der Waals surface area contributed by atoms with E-state index in [2.05, 4.69) is 10.4 Å². The zero-order chi connectivity index (χ0) is 20.0. The fraction of sp³-hybridized carbons (Fsp3) is 0.217. The average molecular weight is 387 g/mol. The molecule has 0 bridgehead atoms. The number of methoxy groups -OCH3 is 1. The van der Waals surface area contributed by atoms with Crippen LogP contribution in [-0.4, -0.2) is 22.7 Å². The zero-order valence-electron chi connectivity index (χ0n) is 16.1. The maximum absolute atomic E-state index is 13.5. The van der Waals surface area contributed by atoms with Gasteiger partial charge in [0, 0.05) is 23.6 Å². The summed E-state index contributed by atoms with van der Waals surface area (Å²) in [6.07, 6.45) is 2.11. The van der Waals surface area contributed by atoms with Crippen LogP contribution in [0.1, 0.15) is 36.3 Å². The third-order valence-corrected chi connectivity index (χ3v) is 5.68. The molecule has 0 radical (unpaired) electrons. The van der Waals surface area contributed by atoms with Crippen molar-refractivity contribution in [2.45, 2.75) is 25.2 Å². The Morgan fingerprint density at radius 2 is 1.86 bits per heavy atom. The lowest BCUT2D eigenvalue weighted by atomic mass is 9.77. The molecular formula is C23H21N3O3. The number of benzene rings is 2. The summed E-state index contributed by atoms with van der Waals surface area (Å²) in [7, 11) is 1.61. The molecule has 6 heteroatoms. The average Bonchev–Trinajstić information content (AvgIpc) is 3.09. The summed E-state index contributed by atoms with van der Waals surface area (Å²) < 4.78 is 6.93. The van der Waals surface area contributed by atoms with Gasteiger partial charge in [-0.15, -0.1) is 0 Å². The van der Waals surface area contributed by atoms with Gasteiger partial charge in [-0.3, -0.25) is 14.7 Å². The number of hydrogen-bond donors (Lipinski definition) is 2. The number of allylic oxidation sites excluding steroid dienone is 2. The van der Waals surface area contributed by atoms with Gasteiger partial charge < -0.3 is 10.1 Å². The van der Waals surface area contributed by atoms with E-state index in [1.807, 2.05) is 54.6 Å². The second-order valence-corrected chi connectivity index (χ2v) is 7.38. The van der Waals surface area contributed by atoms with Crippen molar-refractivity contribution in [2.75, 3.05) is 12.4 Å². The number of nitrogens with zero attached hydrogens (tertiary/aromatic N) is 1. The van der Waals surface area contributed by atoms with Gasteiger partial charge in [-0.05, 0) is 42.7 Å². The van der Waals surface area contributed by atoms with Gasteiger partial charge in [-0.2, -0.15) is 0 Å². The summed E-state index contributed by atoms with van der Waals surface area (Å²) in [6.45, 7) is 0. The number of Topliss-reactive ketones (excluding diaryl/α,β-unsaturated/α-hetero) is 1. The van der Waals surface area contributed by atoms with Crippen molar-refractivity contribution in [3.8, 4) is 11.4 Å². The van der Waals surface area contributed by atoms with Crippen LogP contribution in [0.5, 0.6) is 5.75 Å². The summed E-state index contributed by atoms with van der Waals surface area (Å²) in [5, 5.41) is 6.55. The molecule has 1 aromatic heterocycles. The smallest absolute Gasteiger partial charge is 0.277 e. The minimum Gasteiger partial charge on any atom is -0.497 e. The molecule has 1 aliphatic carbocycles. The molecule has 2 heterocycles. The van der Waals surface area contributed by atoms with E-state index in [1.54, 1.807) is 7.11 Å². The Morgan fingerprint density at radius 3 is 2.66 bits per heavy atom. The second kappa shape index (κ2) is 6.81.